The molecular formula is C28H33NO2. The van der Waals surface area contributed by atoms with Gasteiger partial charge in [-0.2, -0.15) is 0 Å². The number of nitrogens with one attached hydrogen (secondary N) is 1. The number of allylic oxidation sites excluding steroid dienone is 1. The van der Waals surface area contributed by atoms with Crippen LogP contribution in [-0.2, 0) is 19.6 Å². The standard InChI is InChI=1S/C28H33NO2/c1-6-9-25-16-24(18-29-26-11-8-10-21(4)22(26)5)17-27(30-7-2)28(25)31-19-23-14-12-20(3)13-15-23/h6,8,10-17,29H,1,7,9,18-19H2,2-5H3. The molecule has 0 aliphatic rings. The number of hydrogen-bond donors (Lipinski definition) is 1. The Morgan fingerprint density at radius 1 is 0.935 bits per heavy atom. The smallest absolute Gasteiger partial charge is 0.165 e. The van der Waals surface area contributed by atoms with Crippen LogP contribution in [0.25, 0.3) is 0 Å². The Morgan fingerprint density at radius 2 is 1.71 bits per heavy atom. The summed E-state index contributed by atoms with van der Waals surface area (Å²) in [6, 6.07) is 19.0. The second-order valence-corrected chi connectivity index (χ2v) is 7.88. The highest BCUT2D eigenvalue weighted by molar-refractivity contribution is 5.55. The van der Waals surface area contributed by atoms with E-state index < -0.39 is 0 Å². The van der Waals surface area contributed by atoms with Gasteiger partial charge >= 0.3 is 0 Å². The topological polar surface area (TPSA) is 30.5 Å². The second-order valence-electron chi connectivity index (χ2n) is 7.88. The van der Waals surface area contributed by atoms with Crippen molar-refractivity contribution in [1.82, 2.24) is 0 Å². The molecule has 0 aromatic heterocycles. The van der Waals surface area contributed by atoms with Crippen molar-refractivity contribution in [1.29, 1.82) is 0 Å². The van der Waals surface area contributed by atoms with Gasteiger partial charge in [-0.3, -0.25) is 0 Å². The van der Waals surface area contributed by atoms with E-state index >= 15 is 0 Å². The van der Waals surface area contributed by atoms with Gasteiger partial charge in [0.25, 0.3) is 0 Å². The molecule has 162 valence electrons. The molecule has 0 aliphatic heterocycles. The Balaban J connectivity index is 1.85. The Bertz CT molecular complexity index is 1020. The molecule has 3 nitrogen and oxygen atoms in total. The number of aryl methyl sites for hydroxylation is 2. The highest BCUT2D eigenvalue weighted by Crippen LogP contribution is 2.35. The summed E-state index contributed by atoms with van der Waals surface area (Å²) in [5, 5.41) is 3.57. The van der Waals surface area contributed by atoms with E-state index in [9.17, 15) is 0 Å². The Hall–Kier alpha value is -3.20. The lowest BCUT2D eigenvalue weighted by molar-refractivity contribution is 0.267. The van der Waals surface area contributed by atoms with E-state index in [1.807, 2.05) is 13.0 Å². The van der Waals surface area contributed by atoms with Gasteiger partial charge in [-0.05, 0) is 74.6 Å². The van der Waals surface area contributed by atoms with Crippen LogP contribution in [0.3, 0.4) is 0 Å². The average Bonchev–Trinajstić information content (AvgIpc) is 2.76. The van der Waals surface area contributed by atoms with Crippen molar-refractivity contribution in [3.63, 3.8) is 0 Å². The first-order chi connectivity index (χ1) is 15.0. The van der Waals surface area contributed by atoms with Crippen molar-refractivity contribution >= 4 is 5.69 Å². The first-order valence-electron chi connectivity index (χ1n) is 10.9. The van der Waals surface area contributed by atoms with Gasteiger partial charge in [0.05, 0.1) is 6.61 Å². The van der Waals surface area contributed by atoms with Gasteiger partial charge in [-0.15, -0.1) is 6.58 Å². The fourth-order valence-corrected chi connectivity index (χ4v) is 3.54. The highest BCUT2D eigenvalue weighted by Gasteiger charge is 2.14. The first-order valence-corrected chi connectivity index (χ1v) is 10.9. The van der Waals surface area contributed by atoms with Crippen molar-refractivity contribution in [3.8, 4) is 11.5 Å². The molecule has 3 heteroatoms. The number of ether oxygens (including phenoxy) is 2. The van der Waals surface area contributed by atoms with Crippen LogP contribution in [-0.4, -0.2) is 6.61 Å². The molecule has 0 heterocycles. The van der Waals surface area contributed by atoms with Crippen molar-refractivity contribution in [2.45, 2.75) is 47.3 Å². The fraction of sp³-hybridized carbons (Fsp3) is 0.286. The lowest BCUT2D eigenvalue weighted by atomic mass is 10.0. The third-order valence-corrected chi connectivity index (χ3v) is 5.45. The Labute approximate surface area is 186 Å². The zero-order chi connectivity index (χ0) is 22.2. The quantitative estimate of drug-likeness (QED) is 0.364. The lowest BCUT2D eigenvalue weighted by Gasteiger charge is -2.18. The van der Waals surface area contributed by atoms with Crippen molar-refractivity contribution in [2.75, 3.05) is 11.9 Å². The van der Waals surface area contributed by atoms with Crippen LogP contribution in [0.1, 0.15) is 40.3 Å². The van der Waals surface area contributed by atoms with Gasteiger partial charge in [-0.25, -0.2) is 0 Å². The van der Waals surface area contributed by atoms with Crippen LogP contribution in [0, 0.1) is 20.8 Å². The molecular weight excluding hydrogens is 382 g/mol. The summed E-state index contributed by atoms with van der Waals surface area (Å²) < 4.78 is 12.2. The van der Waals surface area contributed by atoms with Crippen LogP contribution in [0.2, 0.25) is 0 Å². The van der Waals surface area contributed by atoms with Crippen LogP contribution in [0.5, 0.6) is 11.5 Å². The molecule has 0 saturated carbocycles. The summed E-state index contributed by atoms with van der Waals surface area (Å²) in [7, 11) is 0. The van der Waals surface area contributed by atoms with Gasteiger partial charge in [0.2, 0.25) is 0 Å². The molecule has 0 atom stereocenters. The van der Waals surface area contributed by atoms with Gasteiger partial charge in [0, 0.05) is 17.8 Å². The molecule has 31 heavy (non-hydrogen) atoms. The Morgan fingerprint density at radius 3 is 2.42 bits per heavy atom. The Kier molecular flexibility index (Phi) is 7.77. The summed E-state index contributed by atoms with van der Waals surface area (Å²) in [6.45, 7) is 14.1. The molecule has 0 unspecified atom stereocenters. The van der Waals surface area contributed by atoms with Crippen LogP contribution < -0.4 is 14.8 Å². The van der Waals surface area contributed by atoms with Gasteiger partial charge in [0.15, 0.2) is 11.5 Å². The second kappa shape index (κ2) is 10.7. The van der Waals surface area contributed by atoms with Crippen molar-refractivity contribution in [3.05, 3.63) is 101 Å². The van der Waals surface area contributed by atoms with E-state index in [1.54, 1.807) is 0 Å². The molecule has 0 amide bonds. The minimum atomic E-state index is 0.505. The summed E-state index contributed by atoms with van der Waals surface area (Å²) in [6.07, 6.45) is 2.63. The van der Waals surface area contributed by atoms with E-state index in [0.29, 0.717) is 19.8 Å². The maximum atomic E-state index is 6.26. The molecule has 0 radical (unpaired) electrons. The molecule has 3 aromatic carbocycles. The zero-order valence-corrected chi connectivity index (χ0v) is 19.1. The first kappa shape index (κ1) is 22.5. The molecule has 0 saturated heterocycles. The lowest BCUT2D eigenvalue weighted by Crippen LogP contribution is -2.06. The van der Waals surface area contributed by atoms with E-state index in [-0.39, 0.29) is 0 Å². The number of anilines is 1. The normalized spacial score (nSPS) is 10.6. The summed E-state index contributed by atoms with van der Waals surface area (Å²) >= 11 is 0. The predicted octanol–water partition coefficient (Wildman–Crippen LogP) is 6.93. The molecule has 0 bridgehead atoms. The van der Waals surface area contributed by atoms with Crippen LogP contribution >= 0.6 is 0 Å². The highest BCUT2D eigenvalue weighted by atomic mass is 16.5. The third-order valence-electron chi connectivity index (χ3n) is 5.45. The van der Waals surface area contributed by atoms with Crippen LogP contribution in [0.4, 0.5) is 5.69 Å². The number of hydrogen-bond acceptors (Lipinski definition) is 3. The van der Waals surface area contributed by atoms with E-state index in [2.05, 4.69) is 87.3 Å². The summed E-state index contributed by atoms with van der Waals surface area (Å²) in [4.78, 5) is 0. The number of benzene rings is 3. The van der Waals surface area contributed by atoms with Gasteiger partial charge in [-0.1, -0.05) is 48.0 Å². The number of rotatable bonds is 10. The van der Waals surface area contributed by atoms with Gasteiger partial charge in [0.1, 0.15) is 6.61 Å². The molecule has 3 rings (SSSR count). The predicted molar refractivity (Wildman–Crippen MR) is 130 cm³/mol. The summed E-state index contributed by atoms with van der Waals surface area (Å²) in [5.74, 6) is 1.59. The molecule has 0 spiro atoms. The van der Waals surface area contributed by atoms with Crippen LogP contribution in [0.15, 0.2) is 67.3 Å². The summed E-state index contributed by atoms with van der Waals surface area (Å²) in [5.41, 5.74) is 8.34. The third kappa shape index (κ3) is 5.91. The van der Waals surface area contributed by atoms with E-state index in [4.69, 9.17) is 9.47 Å². The molecule has 3 aromatic rings. The molecule has 1 N–H and O–H groups in total. The largest absolute Gasteiger partial charge is 0.490 e. The van der Waals surface area contributed by atoms with E-state index in [1.165, 1.54) is 16.7 Å². The molecule has 0 aliphatic carbocycles. The van der Waals surface area contributed by atoms with Crippen molar-refractivity contribution < 1.29 is 9.47 Å². The maximum Gasteiger partial charge on any atom is 0.165 e. The molecule has 0 fully saturated rings. The average molecular weight is 416 g/mol. The van der Waals surface area contributed by atoms with Gasteiger partial charge < -0.3 is 14.8 Å². The monoisotopic (exact) mass is 415 g/mol. The SMILES string of the molecule is C=CCc1cc(CNc2cccc(C)c2C)cc(OCC)c1OCc1ccc(C)cc1. The van der Waals surface area contributed by atoms with Crippen molar-refractivity contribution in [2.24, 2.45) is 0 Å². The zero-order valence-electron chi connectivity index (χ0n) is 19.1. The minimum absolute atomic E-state index is 0.505. The minimum Gasteiger partial charge on any atom is -0.490 e. The van der Waals surface area contributed by atoms with E-state index in [0.717, 1.165) is 40.3 Å². The fourth-order valence-electron chi connectivity index (χ4n) is 3.54. The maximum absolute atomic E-state index is 6.26.